The molecular weight excluding hydrogens is 481 g/mol. The van der Waals surface area contributed by atoms with E-state index in [-0.39, 0.29) is 12.5 Å². The van der Waals surface area contributed by atoms with Gasteiger partial charge in [-0.2, -0.15) is 8.78 Å². The van der Waals surface area contributed by atoms with Gasteiger partial charge < -0.3 is 4.74 Å². The van der Waals surface area contributed by atoms with Crippen LogP contribution in [0.3, 0.4) is 0 Å². The fraction of sp³-hybridized carbons (Fsp3) is 0.529. The molecule has 0 radical (unpaired) electrons. The Morgan fingerprint density at radius 1 is 0.895 bits per heavy atom. The molecule has 38 heavy (non-hydrogen) atoms. The predicted molar refractivity (Wildman–Crippen MR) is 150 cm³/mol. The summed E-state index contributed by atoms with van der Waals surface area (Å²) in [5.41, 5.74) is 2.42. The average molecular weight is 525 g/mol. The molecule has 0 aromatic heterocycles. The third-order valence-corrected chi connectivity index (χ3v) is 8.77. The van der Waals surface area contributed by atoms with Crippen LogP contribution in [0.5, 0.6) is 0 Å². The van der Waals surface area contributed by atoms with Crippen LogP contribution in [-0.2, 0) is 17.3 Å². The first-order valence-electron chi connectivity index (χ1n) is 14.5. The molecule has 2 aliphatic carbocycles. The molecule has 0 unspecified atom stereocenters. The van der Waals surface area contributed by atoms with Crippen LogP contribution in [0.4, 0.5) is 13.2 Å². The van der Waals surface area contributed by atoms with E-state index in [1.807, 2.05) is 25.1 Å². The average Bonchev–Trinajstić information content (AvgIpc) is 2.93. The van der Waals surface area contributed by atoms with Crippen molar-refractivity contribution in [2.24, 2.45) is 11.8 Å². The largest absolute Gasteiger partial charge is 0.386 e. The van der Waals surface area contributed by atoms with E-state index in [0.29, 0.717) is 18.3 Å². The number of halogens is 3. The Kier molecular flexibility index (Phi) is 10.3. The highest BCUT2D eigenvalue weighted by atomic mass is 19.3. The van der Waals surface area contributed by atoms with Crippen LogP contribution < -0.4 is 0 Å². The van der Waals surface area contributed by atoms with Gasteiger partial charge in [0.2, 0.25) is 0 Å². The normalized spacial score (nSPS) is 24.5. The Labute approximate surface area is 227 Å². The van der Waals surface area contributed by atoms with Gasteiger partial charge in [0.1, 0.15) is 5.82 Å². The summed E-state index contributed by atoms with van der Waals surface area (Å²) >= 11 is 0. The van der Waals surface area contributed by atoms with Gasteiger partial charge >= 0.3 is 6.11 Å². The first-order chi connectivity index (χ1) is 18.4. The summed E-state index contributed by atoms with van der Waals surface area (Å²) in [7, 11) is 0. The van der Waals surface area contributed by atoms with Crippen molar-refractivity contribution in [3.63, 3.8) is 0 Å². The maximum absolute atomic E-state index is 14.8. The lowest BCUT2D eigenvalue weighted by molar-refractivity contribution is -0.249. The fourth-order valence-electron chi connectivity index (χ4n) is 6.41. The molecule has 4 rings (SSSR count). The number of hydrogen-bond donors (Lipinski definition) is 0. The lowest BCUT2D eigenvalue weighted by atomic mass is 9.77. The zero-order chi connectivity index (χ0) is 27.0. The molecule has 2 saturated carbocycles. The molecule has 0 aliphatic heterocycles. The molecule has 4 heteroatoms. The van der Waals surface area contributed by atoms with Gasteiger partial charge in [-0.05, 0) is 130 Å². The van der Waals surface area contributed by atoms with E-state index in [1.54, 1.807) is 6.07 Å². The summed E-state index contributed by atoms with van der Waals surface area (Å²) in [6.45, 7) is 5.68. The summed E-state index contributed by atoms with van der Waals surface area (Å²) < 4.78 is 49.2. The third kappa shape index (κ3) is 7.62. The van der Waals surface area contributed by atoms with Crippen molar-refractivity contribution in [3.05, 3.63) is 95.3 Å². The zero-order valence-corrected chi connectivity index (χ0v) is 22.8. The third-order valence-electron chi connectivity index (χ3n) is 8.77. The van der Waals surface area contributed by atoms with E-state index < -0.39 is 17.5 Å². The Morgan fingerprint density at radius 3 is 2.16 bits per heavy atom. The number of allylic oxidation sites excluding steroid dienone is 3. The number of rotatable bonds is 11. The van der Waals surface area contributed by atoms with Crippen LogP contribution in [0.1, 0.15) is 105 Å². The van der Waals surface area contributed by atoms with Crippen LogP contribution in [0.2, 0.25) is 0 Å². The second kappa shape index (κ2) is 13.6. The van der Waals surface area contributed by atoms with Crippen LogP contribution in [-0.4, -0.2) is 6.61 Å². The Morgan fingerprint density at radius 2 is 1.53 bits per heavy atom. The summed E-state index contributed by atoms with van der Waals surface area (Å²) in [4.78, 5) is 0. The van der Waals surface area contributed by atoms with Crippen molar-refractivity contribution in [3.8, 4) is 0 Å². The summed E-state index contributed by atoms with van der Waals surface area (Å²) in [6, 6.07) is 12.5. The van der Waals surface area contributed by atoms with E-state index in [2.05, 4.69) is 30.9 Å². The Bertz CT molecular complexity index is 1040. The molecule has 2 aromatic rings. The van der Waals surface area contributed by atoms with E-state index in [0.717, 1.165) is 49.1 Å². The highest BCUT2D eigenvalue weighted by molar-refractivity contribution is 5.30. The minimum absolute atomic E-state index is 0.170. The zero-order valence-electron chi connectivity index (χ0n) is 22.8. The SMILES string of the molecule is C=CCC[C@H]1CC[C@H](c2ccc(CCOC(F)(F)c3ccc([C@H]4CC[C@H](/C=C/C)CC4)cc3F)cc2)CC1. The van der Waals surface area contributed by atoms with Gasteiger partial charge in [0.05, 0.1) is 12.2 Å². The van der Waals surface area contributed by atoms with Crippen LogP contribution in [0, 0.1) is 17.7 Å². The van der Waals surface area contributed by atoms with E-state index in [9.17, 15) is 13.2 Å². The first-order valence-corrected chi connectivity index (χ1v) is 14.5. The quantitative estimate of drug-likeness (QED) is 0.266. The number of hydrogen-bond acceptors (Lipinski definition) is 1. The Balaban J connectivity index is 1.25. The van der Waals surface area contributed by atoms with Gasteiger partial charge in [-0.1, -0.05) is 48.6 Å². The summed E-state index contributed by atoms with van der Waals surface area (Å²) in [6.07, 6.45) is 14.3. The number of ether oxygens (including phenoxy) is 1. The molecule has 1 nitrogen and oxygen atoms in total. The molecule has 206 valence electrons. The molecule has 0 saturated heterocycles. The van der Waals surface area contributed by atoms with Crippen molar-refractivity contribution >= 4 is 0 Å². The summed E-state index contributed by atoms with van der Waals surface area (Å²) in [5.74, 6) is 1.31. The maximum atomic E-state index is 14.8. The minimum Gasteiger partial charge on any atom is -0.316 e. The molecule has 2 aliphatic rings. The van der Waals surface area contributed by atoms with Gasteiger partial charge in [-0.25, -0.2) is 4.39 Å². The topological polar surface area (TPSA) is 9.23 Å². The molecule has 0 bridgehead atoms. The molecule has 2 aromatic carbocycles. The molecule has 0 N–H and O–H groups in total. The monoisotopic (exact) mass is 524 g/mol. The van der Waals surface area contributed by atoms with Crippen molar-refractivity contribution in [2.75, 3.05) is 6.61 Å². The van der Waals surface area contributed by atoms with Gasteiger partial charge in [0.15, 0.2) is 0 Å². The minimum atomic E-state index is -3.66. The van der Waals surface area contributed by atoms with Gasteiger partial charge in [-0.15, -0.1) is 6.58 Å². The van der Waals surface area contributed by atoms with Crippen molar-refractivity contribution in [1.82, 2.24) is 0 Å². The van der Waals surface area contributed by atoms with Gasteiger partial charge in [0, 0.05) is 0 Å². The van der Waals surface area contributed by atoms with Crippen molar-refractivity contribution < 1.29 is 17.9 Å². The lowest BCUT2D eigenvalue weighted by Gasteiger charge is -2.28. The highest BCUT2D eigenvalue weighted by Crippen LogP contribution is 2.39. The molecule has 0 atom stereocenters. The standard InChI is InChI=1S/C34H43F3O/c1-3-5-7-26-10-14-28(15-11-26)29-16-12-27(13-17-29)22-23-38-34(36,37)32-21-20-31(24-33(32)35)30-18-8-25(6-4-2)9-19-30/h3-4,6,12-13,16-17,20-21,24-26,28,30H,1,5,7-11,14-15,18-19,22-23H2,2H3/b6-4+/t25-,26-,28-,30-. The molecule has 0 amide bonds. The van der Waals surface area contributed by atoms with E-state index in [4.69, 9.17) is 4.74 Å². The van der Waals surface area contributed by atoms with Crippen LogP contribution in [0.25, 0.3) is 0 Å². The highest BCUT2D eigenvalue weighted by Gasteiger charge is 2.36. The second-order valence-electron chi connectivity index (χ2n) is 11.3. The lowest BCUT2D eigenvalue weighted by Crippen LogP contribution is -2.22. The molecule has 0 spiro atoms. The fourth-order valence-corrected chi connectivity index (χ4v) is 6.41. The predicted octanol–water partition coefficient (Wildman–Crippen LogP) is 10.2. The molecular formula is C34H43F3O. The van der Waals surface area contributed by atoms with Crippen molar-refractivity contribution in [2.45, 2.75) is 95.5 Å². The first kappa shape index (κ1) is 28.7. The maximum Gasteiger partial charge on any atom is 0.386 e. The Hall–Kier alpha value is -2.33. The second-order valence-corrected chi connectivity index (χ2v) is 11.3. The number of alkyl halides is 2. The van der Waals surface area contributed by atoms with Crippen LogP contribution >= 0.6 is 0 Å². The van der Waals surface area contributed by atoms with E-state index in [1.165, 1.54) is 49.8 Å². The molecule has 2 fully saturated rings. The van der Waals surface area contributed by atoms with Gasteiger partial charge in [-0.3, -0.25) is 0 Å². The van der Waals surface area contributed by atoms with E-state index >= 15 is 0 Å². The molecule has 0 heterocycles. The van der Waals surface area contributed by atoms with Crippen LogP contribution in [0.15, 0.2) is 67.3 Å². The smallest absolute Gasteiger partial charge is 0.316 e. The summed E-state index contributed by atoms with van der Waals surface area (Å²) in [5, 5.41) is 0. The van der Waals surface area contributed by atoms with Gasteiger partial charge in [0.25, 0.3) is 0 Å². The van der Waals surface area contributed by atoms with Crippen molar-refractivity contribution in [1.29, 1.82) is 0 Å². The number of benzene rings is 2.